The Bertz CT molecular complexity index is 235. The Kier molecular flexibility index (Phi) is 1.02. The maximum absolute atomic E-state index is 3.77. The second kappa shape index (κ2) is 1.82. The van der Waals surface area contributed by atoms with Crippen molar-refractivity contribution in [2.24, 2.45) is 5.41 Å². The van der Waals surface area contributed by atoms with Gasteiger partial charge in [0, 0.05) is 24.2 Å². The molecule has 0 aromatic rings. The molecule has 0 atom stereocenters. The first-order valence-electron chi connectivity index (χ1n) is 5.74. The zero-order chi connectivity index (χ0) is 8.57. The predicted molar refractivity (Wildman–Crippen MR) is 51.6 cm³/mol. The van der Waals surface area contributed by atoms with E-state index in [1.807, 2.05) is 0 Å². The smallest absolute Gasteiger partial charge is 0.0189 e. The van der Waals surface area contributed by atoms with Crippen molar-refractivity contribution in [3.63, 3.8) is 0 Å². The topological polar surface area (TPSA) is 24.1 Å². The van der Waals surface area contributed by atoms with Crippen molar-refractivity contribution in [2.75, 3.05) is 13.1 Å². The monoisotopic (exact) mass is 178 g/mol. The zero-order valence-electron chi connectivity index (χ0n) is 8.16. The molecule has 0 amide bonds. The van der Waals surface area contributed by atoms with Crippen LogP contribution in [0.3, 0.4) is 0 Å². The number of nitrogens with one attached hydrogen (secondary N) is 2. The van der Waals surface area contributed by atoms with Crippen molar-refractivity contribution in [2.45, 2.75) is 49.6 Å². The lowest BCUT2D eigenvalue weighted by molar-refractivity contribution is 0.341. The Labute approximate surface area is 79.5 Å². The second-order valence-electron chi connectivity index (χ2n) is 6.12. The fourth-order valence-corrected chi connectivity index (χ4v) is 3.69. The van der Waals surface area contributed by atoms with Crippen LogP contribution in [0.25, 0.3) is 0 Å². The van der Waals surface area contributed by atoms with E-state index in [0.29, 0.717) is 16.5 Å². The average molecular weight is 178 g/mol. The van der Waals surface area contributed by atoms with Crippen LogP contribution in [0, 0.1) is 5.41 Å². The lowest BCUT2D eigenvalue weighted by Gasteiger charge is -2.20. The third-order valence-corrected chi connectivity index (χ3v) is 4.81. The highest BCUT2D eigenvalue weighted by Gasteiger charge is 2.61. The molecule has 0 bridgehead atoms. The van der Waals surface area contributed by atoms with E-state index in [0.717, 1.165) is 0 Å². The average Bonchev–Trinajstić information content (AvgIpc) is 2.93. The molecule has 0 aromatic heterocycles. The predicted octanol–water partition coefficient (Wildman–Crippen LogP) is 1.02. The zero-order valence-corrected chi connectivity index (χ0v) is 8.16. The van der Waals surface area contributed by atoms with Crippen LogP contribution in [0.4, 0.5) is 0 Å². The molecule has 2 aliphatic carbocycles. The van der Waals surface area contributed by atoms with Gasteiger partial charge in [0.1, 0.15) is 0 Å². The largest absolute Gasteiger partial charge is 0.311 e. The summed E-state index contributed by atoms with van der Waals surface area (Å²) in [5.74, 6) is 0. The Morgan fingerprint density at radius 2 is 1.15 bits per heavy atom. The van der Waals surface area contributed by atoms with E-state index >= 15 is 0 Å². The van der Waals surface area contributed by atoms with E-state index in [2.05, 4.69) is 10.6 Å². The molecule has 4 rings (SSSR count). The molecule has 2 aliphatic heterocycles. The summed E-state index contributed by atoms with van der Waals surface area (Å²) in [6, 6.07) is 0. The van der Waals surface area contributed by atoms with Crippen LogP contribution in [-0.4, -0.2) is 24.2 Å². The first-order chi connectivity index (χ1) is 6.24. The van der Waals surface area contributed by atoms with Gasteiger partial charge in [0.25, 0.3) is 0 Å². The van der Waals surface area contributed by atoms with Crippen molar-refractivity contribution < 1.29 is 0 Å². The molecule has 4 aliphatic rings. The highest BCUT2D eigenvalue weighted by molar-refractivity contribution is 5.20. The third-order valence-electron chi connectivity index (χ3n) is 4.81. The fourth-order valence-electron chi connectivity index (χ4n) is 3.69. The lowest BCUT2D eigenvalue weighted by atomic mass is 9.82. The summed E-state index contributed by atoms with van der Waals surface area (Å²) in [6.45, 7) is 2.59. The summed E-state index contributed by atoms with van der Waals surface area (Å²) in [6.07, 6.45) is 8.72. The van der Waals surface area contributed by atoms with Gasteiger partial charge in [-0.1, -0.05) is 0 Å². The summed E-state index contributed by atoms with van der Waals surface area (Å²) >= 11 is 0. The minimum atomic E-state index is 0.627. The van der Waals surface area contributed by atoms with E-state index in [1.165, 1.54) is 51.6 Å². The summed E-state index contributed by atoms with van der Waals surface area (Å²) in [5.41, 5.74) is 1.91. The van der Waals surface area contributed by atoms with Crippen LogP contribution in [0.1, 0.15) is 38.5 Å². The Morgan fingerprint density at radius 1 is 0.692 bits per heavy atom. The van der Waals surface area contributed by atoms with Crippen molar-refractivity contribution >= 4 is 0 Å². The summed E-state index contributed by atoms with van der Waals surface area (Å²) in [7, 11) is 0. The normalized spacial score (nSPS) is 40.6. The van der Waals surface area contributed by atoms with Gasteiger partial charge < -0.3 is 10.6 Å². The molecule has 2 saturated heterocycles. The highest BCUT2D eigenvalue weighted by Crippen LogP contribution is 2.58. The van der Waals surface area contributed by atoms with Gasteiger partial charge in [-0.3, -0.25) is 0 Å². The van der Waals surface area contributed by atoms with Crippen LogP contribution in [0.15, 0.2) is 0 Å². The quantitative estimate of drug-likeness (QED) is 0.579. The SMILES string of the molecule is C1NC2(CC2)CC12CNC1(CC1)C2. The molecule has 2 heterocycles. The molecular formula is C11H18N2. The Balaban J connectivity index is 1.60. The molecule has 0 aromatic carbocycles. The molecule has 13 heavy (non-hydrogen) atoms. The van der Waals surface area contributed by atoms with Crippen LogP contribution in [-0.2, 0) is 0 Å². The van der Waals surface area contributed by atoms with Gasteiger partial charge in [0.15, 0.2) is 0 Å². The van der Waals surface area contributed by atoms with Crippen LogP contribution in [0.5, 0.6) is 0 Å². The van der Waals surface area contributed by atoms with E-state index in [4.69, 9.17) is 0 Å². The van der Waals surface area contributed by atoms with Crippen LogP contribution < -0.4 is 10.6 Å². The first kappa shape index (κ1) is 7.24. The first-order valence-corrected chi connectivity index (χ1v) is 5.74. The summed E-state index contributed by atoms with van der Waals surface area (Å²) in [5, 5.41) is 7.53. The molecule has 4 fully saturated rings. The lowest BCUT2D eigenvalue weighted by Crippen LogP contribution is -2.26. The van der Waals surface area contributed by atoms with Gasteiger partial charge >= 0.3 is 0 Å². The van der Waals surface area contributed by atoms with Gasteiger partial charge in [-0.15, -0.1) is 0 Å². The number of rotatable bonds is 0. The molecule has 2 heteroatoms. The molecule has 2 nitrogen and oxygen atoms in total. The van der Waals surface area contributed by atoms with Gasteiger partial charge in [-0.2, -0.15) is 0 Å². The molecule has 72 valence electrons. The maximum Gasteiger partial charge on any atom is 0.0189 e. The van der Waals surface area contributed by atoms with Crippen molar-refractivity contribution in [3.8, 4) is 0 Å². The standard InChI is InChI=1S/C11H18N2/c1-2-10(1)5-9(7-12-10)6-11(3-4-11)13-8-9/h12-13H,1-8H2. The summed E-state index contributed by atoms with van der Waals surface area (Å²) < 4.78 is 0. The van der Waals surface area contributed by atoms with E-state index < -0.39 is 0 Å². The molecule has 3 spiro atoms. The summed E-state index contributed by atoms with van der Waals surface area (Å²) in [4.78, 5) is 0. The van der Waals surface area contributed by atoms with E-state index in [-0.39, 0.29) is 0 Å². The minimum absolute atomic E-state index is 0.627. The Hall–Kier alpha value is -0.0800. The Morgan fingerprint density at radius 3 is 1.46 bits per heavy atom. The molecule has 2 N–H and O–H groups in total. The molecule has 2 saturated carbocycles. The molecule has 0 unspecified atom stereocenters. The highest BCUT2D eigenvalue weighted by atomic mass is 15.1. The van der Waals surface area contributed by atoms with Crippen molar-refractivity contribution in [1.29, 1.82) is 0 Å². The maximum atomic E-state index is 3.77. The van der Waals surface area contributed by atoms with Crippen LogP contribution in [0.2, 0.25) is 0 Å². The van der Waals surface area contributed by atoms with E-state index in [1.54, 1.807) is 0 Å². The van der Waals surface area contributed by atoms with Gasteiger partial charge in [0.2, 0.25) is 0 Å². The van der Waals surface area contributed by atoms with Crippen molar-refractivity contribution in [3.05, 3.63) is 0 Å². The van der Waals surface area contributed by atoms with E-state index in [9.17, 15) is 0 Å². The number of hydrogen-bond donors (Lipinski definition) is 2. The van der Waals surface area contributed by atoms with Gasteiger partial charge in [-0.05, 0) is 43.9 Å². The fraction of sp³-hybridized carbons (Fsp3) is 1.00. The van der Waals surface area contributed by atoms with Crippen LogP contribution >= 0.6 is 0 Å². The number of hydrogen-bond acceptors (Lipinski definition) is 2. The third kappa shape index (κ3) is 0.909. The van der Waals surface area contributed by atoms with Gasteiger partial charge in [-0.25, -0.2) is 0 Å². The second-order valence-corrected chi connectivity index (χ2v) is 6.12. The molecule has 0 radical (unpaired) electrons. The minimum Gasteiger partial charge on any atom is -0.311 e. The van der Waals surface area contributed by atoms with Crippen molar-refractivity contribution in [1.82, 2.24) is 10.6 Å². The molecular weight excluding hydrogens is 160 g/mol. The van der Waals surface area contributed by atoms with Gasteiger partial charge in [0.05, 0.1) is 0 Å².